The minimum absolute atomic E-state index is 0.130. The number of carbonyl (C=O) groups excluding carboxylic acids is 1. The van der Waals surface area contributed by atoms with Crippen molar-refractivity contribution in [2.45, 2.75) is 6.42 Å². The largest absolute Gasteiger partial charge is 0.409 e. The van der Waals surface area contributed by atoms with E-state index in [9.17, 15) is 4.79 Å². The number of aromatic nitrogens is 1. The summed E-state index contributed by atoms with van der Waals surface area (Å²) in [5.74, 6) is -0.469. The number of oxime groups is 1. The molecule has 0 radical (unpaired) electrons. The highest BCUT2D eigenvalue weighted by atomic mass is 16.4. The van der Waals surface area contributed by atoms with E-state index in [1.54, 1.807) is 12.3 Å². The smallest absolute Gasteiger partial charge is 0.232 e. The summed E-state index contributed by atoms with van der Waals surface area (Å²) in [6.45, 7) is 0. The monoisotopic (exact) mass is 244 g/mol. The van der Waals surface area contributed by atoms with Gasteiger partial charge in [-0.1, -0.05) is 11.2 Å². The zero-order valence-corrected chi connectivity index (χ0v) is 9.50. The van der Waals surface area contributed by atoms with Gasteiger partial charge in [0, 0.05) is 17.3 Å². The van der Waals surface area contributed by atoms with Crippen molar-refractivity contribution < 1.29 is 10.0 Å². The number of rotatable bonds is 3. The van der Waals surface area contributed by atoms with Crippen LogP contribution in [0.15, 0.2) is 41.7 Å². The first-order valence-electron chi connectivity index (χ1n) is 5.30. The van der Waals surface area contributed by atoms with Crippen molar-refractivity contribution in [3.8, 4) is 0 Å². The lowest BCUT2D eigenvalue weighted by molar-refractivity contribution is -0.115. The number of carbonyl (C=O) groups is 1. The fraction of sp³-hybridized carbons (Fsp3) is 0.0833. The normalized spacial score (nSPS) is 11.4. The zero-order chi connectivity index (χ0) is 13.0. The Labute approximate surface area is 103 Å². The van der Waals surface area contributed by atoms with Gasteiger partial charge in [0.15, 0.2) is 0 Å². The van der Waals surface area contributed by atoms with Gasteiger partial charge in [-0.05, 0) is 24.3 Å². The molecule has 0 saturated carbocycles. The van der Waals surface area contributed by atoms with Crippen molar-refractivity contribution in [2.24, 2.45) is 10.9 Å². The molecule has 2 rings (SSSR count). The van der Waals surface area contributed by atoms with Gasteiger partial charge in [-0.25, -0.2) is 0 Å². The number of fused-ring (bicyclic) bond motifs is 1. The number of amides is 1. The van der Waals surface area contributed by atoms with E-state index in [-0.39, 0.29) is 18.2 Å². The maximum atomic E-state index is 11.5. The number of nitrogens with one attached hydrogen (secondary N) is 1. The average Bonchev–Trinajstić information content (AvgIpc) is 2.38. The molecule has 18 heavy (non-hydrogen) atoms. The molecular formula is C12H12N4O2. The molecule has 0 spiro atoms. The van der Waals surface area contributed by atoms with Gasteiger partial charge < -0.3 is 16.3 Å². The van der Waals surface area contributed by atoms with Crippen LogP contribution in [0.4, 0.5) is 5.69 Å². The van der Waals surface area contributed by atoms with Crippen LogP contribution in [0.5, 0.6) is 0 Å². The van der Waals surface area contributed by atoms with Crippen molar-refractivity contribution >= 4 is 28.3 Å². The van der Waals surface area contributed by atoms with Crippen LogP contribution >= 0.6 is 0 Å². The molecule has 0 aliphatic heterocycles. The Morgan fingerprint density at radius 1 is 1.44 bits per heavy atom. The number of anilines is 1. The fourth-order valence-corrected chi connectivity index (χ4v) is 1.56. The van der Waals surface area contributed by atoms with Crippen molar-refractivity contribution in [1.82, 2.24) is 4.98 Å². The van der Waals surface area contributed by atoms with Crippen molar-refractivity contribution in [1.29, 1.82) is 0 Å². The van der Waals surface area contributed by atoms with E-state index >= 15 is 0 Å². The highest BCUT2D eigenvalue weighted by molar-refractivity contribution is 6.05. The average molecular weight is 244 g/mol. The number of pyridine rings is 1. The second kappa shape index (κ2) is 5.13. The van der Waals surface area contributed by atoms with E-state index in [1.165, 1.54) is 0 Å². The molecule has 0 unspecified atom stereocenters. The standard InChI is InChI=1S/C12H12N4O2/c13-11(16-18)7-12(17)15-9-3-4-10-8(6-9)2-1-5-14-10/h1-6,18H,7H2,(H2,13,16)(H,15,17). The Balaban J connectivity index is 2.14. The number of nitrogens with zero attached hydrogens (tertiary/aromatic N) is 2. The number of benzene rings is 1. The molecule has 0 saturated heterocycles. The molecule has 4 N–H and O–H groups in total. The van der Waals surface area contributed by atoms with Crippen LogP contribution in [0.2, 0.25) is 0 Å². The first kappa shape index (κ1) is 11.8. The molecule has 1 amide bonds. The number of amidine groups is 1. The van der Waals surface area contributed by atoms with E-state index in [4.69, 9.17) is 10.9 Å². The van der Waals surface area contributed by atoms with Crippen molar-refractivity contribution in [2.75, 3.05) is 5.32 Å². The minimum Gasteiger partial charge on any atom is -0.409 e. The highest BCUT2D eigenvalue weighted by Gasteiger charge is 2.06. The SMILES string of the molecule is N/C(CC(=O)Nc1ccc2ncccc2c1)=N\O. The topological polar surface area (TPSA) is 101 Å². The summed E-state index contributed by atoms with van der Waals surface area (Å²) >= 11 is 0. The third-order valence-electron chi connectivity index (χ3n) is 2.36. The second-order valence-electron chi connectivity index (χ2n) is 3.73. The van der Waals surface area contributed by atoms with Crippen LogP contribution in [0.25, 0.3) is 10.9 Å². The Morgan fingerprint density at radius 2 is 2.28 bits per heavy atom. The van der Waals surface area contributed by atoms with E-state index in [0.29, 0.717) is 5.69 Å². The summed E-state index contributed by atoms with van der Waals surface area (Å²) < 4.78 is 0. The molecule has 6 nitrogen and oxygen atoms in total. The molecule has 1 aromatic heterocycles. The number of hydrogen-bond acceptors (Lipinski definition) is 4. The molecule has 0 atom stereocenters. The summed E-state index contributed by atoms with van der Waals surface area (Å²) in [6.07, 6.45) is 1.56. The van der Waals surface area contributed by atoms with Crippen LogP contribution in [-0.2, 0) is 4.79 Å². The summed E-state index contributed by atoms with van der Waals surface area (Å²) in [5.41, 5.74) is 6.75. The van der Waals surface area contributed by atoms with Crippen LogP contribution in [0, 0.1) is 0 Å². The van der Waals surface area contributed by atoms with Crippen molar-refractivity contribution in [3.05, 3.63) is 36.5 Å². The van der Waals surface area contributed by atoms with Crippen LogP contribution in [0.3, 0.4) is 0 Å². The van der Waals surface area contributed by atoms with Gasteiger partial charge in [-0.15, -0.1) is 0 Å². The summed E-state index contributed by atoms with van der Waals surface area (Å²) in [5, 5.41) is 14.7. The highest BCUT2D eigenvalue weighted by Crippen LogP contribution is 2.16. The van der Waals surface area contributed by atoms with E-state index in [2.05, 4.69) is 15.5 Å². The third-order valence-corrected chi connectivity index (χ3v) is 2.36. The van der Waals surface area contributed by atoms with Gasteiger partial charge in [-0.3, -0.25) is 9.78 Å². The van der Waals surface area contributed by atoms with Gasteiger partial charge in [-0.2, -0.15) is 0 Å². The molecule has 0 aliphatic carbocycles. The predicted molar refractivity (Wildman–Crippen MR) is 68.4 cm³/mol. The van der Waals surface area contributed by atoms with E-state index < -0.39 is 0 Å². The third kappa shape index (κ3) is 2.73. The molecule has 6 heteroatoms. The molecular weight excluding hydrogens is 232 g/mol. The maximum absolute atomic E-state index is 11.5. The molecule has 0 aliphatic rings. The first-order chi connectivity index (χ1) is 8.69. The molecule has 0 bridgehead atoms. The van der Waals surface area contributed by atoms with Crippen LogP contribution in [0.1, 0.15) is 6.42 Å². The van der Waals surface area contributed by atoms with Gasteiger partial charge in [0.05, 0.1) is 11.9 Å². The molecule has 2 aromatic rings. The molecule has 1 aromatic carbocycles. The molecule has 1 heterocycles. The number of nitrogens with two attached hydrogens (primary N) is 1. The Kier molecular flexibility index (Phi) is 3.38. The zero-order valence-electron chi connectivity index (χ0n) is 9.50. The second-order valence-corrected chi connectivity index (χ2v) is 3.73. The van der Waals surface area contributed by atoms with E-state index in [1.807, 2.05) is 24.3 Å². The summed E-state index contributed by atoms with van der Waals surface area (Å²) in [6, 6.07) is 9.10. The van der Waals surface area contributed by atoms with E-state index in [0.717, 1.165) is 10.9 Å². The Hall–Kier alpha value is -2.63. The summed E-state index contributed by atoms with van der Waals surface area (Å²) in [4.78, 5) is 15.7. The maximum Gasteiger partial charge on any atom is 0.232 e. The molecule has 92 valence electrons. The Bertz CT molecular complexity index is 610. The minimum atomic E-state index is -0.339. The van der Waals surface area contributed by atoms with Crippen LogP contribution in [-0.4, -0.2) is 21.9 Å². The predicted octanol–water partition coefficient (Wildman–Crippen LogP) is 1.31. The molecule has 0 fully saturated rings. The van der Waals surface area contributed by atoms with Gasteiger partial charge in [0.25, 0.3) is 0 Å². The number of hydrogen-bond donors (Lipinski definition) is 3. The Morgan fingerprint density at radius 3 is 3.06 bits per heavy atom. The van der Waals surface area contributed by atoms with Gasteiger partial charge in [0.2, 0.25) is 5.91 Å². The quantitative estimate of drug-likeness (QED) is 0.328. The fourth-order valence-electron chi connectivity index (χ4n) is 1.56. The first-order valence-corrected chi connectivity index (χ1v) is 5.30. The van der Waals surface area contributed by atoms with Crippen LogP contribution < -0.4 is 11.1 Å². The summed E-state index contributed by atoms with van der Waals surface area (Å²) in [7, 11) is 0. The lowest BCUT2D eigenvalue weighted by Crippen LogP contribution is -2.21. The lowest BCUT2D eigenvalue weighted by atomic mass is 10.2. The van der Waals surface area contributed by atoms with Gasteiger partial charge in [0.1, 0.15) is 5.84 Å². The van der Waals surface area contributed by atoms with Gasteiger partial charge >= 0.3 is 0 Å². The lowest BCUT2D eigenvalue weighted by Gasteiger charge is -2.05. The van der Waals surface area contributed by atoms with Crippen molar-refractivity contribution in [3.63, 3.8) is 0 Å².